The Hall–Kier alpha value is -4.07. The third-order valence-corrected chi connectivity index (χ3v) is 7.18. The summed E-state index contributed by atoms with van der Waals surface area (Å²) in [6, 6.07) is 25.1. The van der Waals surface area contributed by atoms with Crippen molar-refractivity contribution in [3.05, 3.63) is 90.2 Å². The zero-order chi connectivity index (χ0) is 25.5. The highest BCUT2D eigenvalue weighted by Gasteiger charge is 2.23. The number of para-hydroxylation sites is 3. The second-order valence-corrected chi connectivity index (χ2v) is 9.60. The zero-order valence-electron chi connectivity index (χ0n) is 20.7. The SMILES string of the molecule is Cl.NC(=O)c1cccc2c1[nH]c1ccccc12.N[C@H]1CCCN(c2c(F)ccc3[nH]c4ccccc4c23)C1. The number of fused-ring (bicyclic) bond motifs is 6. The zero-order valence-corrected chi connectivity index (χ0v) is 21.5. The van der Waals surface area contributed by atoms with Crippen LogP contribution in [0.5, 0.6) is 0 Å². The number of H-pyrrole nitrogens is 2. The highest BCUT2D eigenvalue weighted by Crippen LogP contribution is 2.36. The number of nitrogens with one attached hydrogen (secondary N) is 2. The molecule has 38 heavy (non-hydrogen) atoms. The summed E-state index contributed by atoms with van der Waals surface area (Å²) >= 11 is 0. The minimum Gasteiger partial charge on any atom is -0.367 e. The summed E-state index contributed by atoms with van der Waals surface area (Å²) in [5.74, 6) is -0.571. The molecule has 1 amide bonds. The van der Waals surface area contributed by atoms with Gasteiger partial charge in [0, 0.05) is 57.2 Å². The lowest BCUT2D eigenvalue weighted by Gasteiger charge is -2.33. The van der Waals surface area contributed by atoms with Gasteiger partial charge < -0.3 is 26.3 Å². The van der Waals surface area contributed by atoms with Crippen LogP contribution < -0.4 is 16.4 Å². The van der Waals surface area contributed by atoms with Gasteiger partial charge >= 0.3 is 0 Å². The smallest absolute Gasteiger partial charge is 0.250 e. The molecule has 6 nitrogen and oxygen atoms in total. The average molecular weight is 530 g/mol. The predicted octanol–water partition coefficient (Wildman–Crippen LogP) is 6.23. The summed E-state index contributed by atoms with van der Waals surface area (Å²) in [4.78, 5) is 20.0. The molecule has 3 heterocycles. The van der Waals surface area contributed by atoms with Gasteiger partial charge in [0.1, 0.15) is 5.82 Å². The molecule has 0 radical (unpaired) electrons. The molecule has 0 bridgehead atoms. The predicted molar refractivity (Wildman–Crippen MR) is 157 cm³/mol. The number of primary amides is 1. The van der Waals surface area contributed by atoms with Gasteiger partial charge in [-0.15, -0.1) is 12.4 Å². The number of hydrogen-bond acceptors (Lipinski definition) is 3. The van der Waals surface area contributed by atoms with Crippen molar-refractivity contribution in [2.75, 3.05) is 18.0 Å². The Morgan fingerprint density at radius 1 is 0.842 bits per heavy atom. The van der Waals surface area contributed by atoms with E-state index in [-0.39, 0.29) is 24.3 Å². The van der Waals surface area contributed by atoms with Crippen molar-refractivity contribution >= 4 is 67.6 Å². The third-order valence-electron chi connectivity index (χ3n) is 7.18. The number of aromatic nitrogens is 2. The van der Waals surface area contributed by atoms with Crippen LogP contribution in [-0.4, -0.2) is 35.0 Å². The molecule has 1 aliphatic rings. The van der Waals surface area contributed by atoms with Crippen molar-refractivity contribution in [2.24, 2.45) is 11.5 Å². The molecule has 7 rings (SSSR count). The Morgan fingerprint density at radius 2 is 1.53 bits per heavy atom. The Kier molecular flexibility index (Phi) is 6.97. The fourth-order valence-corrected chi connectivity index (χ4v) is 5.50. The number of benzene rings is 4. The number of carbonyl (C=O) groups is 1. The molecule has 2 aromatic heterocycles. The highest BCUT2D eigenvalue weighted by molar-refractivity contribution is 6.15. The van der Waals surface area contributed by atoms with Gasteiger partial charge in [0.25, 0.3) is 5.91 Å². The number of hydrogen-bond donors (Lipinski definition) is 4. The molecule has 1 saturated heterocycles. The highest BCUT2D eigenvalue weighted by atomic mass is 35.5. The molecule has 0 saturated carbocycles. The van der Waals surface area contributed by atoms with Gasteiger partial charge in [-0.2, -0.15) is 0 Å². The maximum absolute atomic E-state index is 14.5. The fraction of sp³-hybridized carbons (Fsp3) is 0.167. The number of amides is 1. The fourth-order valence-electron chi connectivity index (χ4n) is 5.50. The summed E-state index contributed by atoms with van der Waals surface area (Å²) < 4.78 is 14.5. The lowest BCUT2D eigenvalue weighted by molar-refractivity contribution is 0.100. The molecular formula is C30H29ClFN5O. The standard InChI is InChI=1S/C17H18FN3.C13H10N2O.ClH/c18-13-7-8-15-16(12-5-1-2-6-14(12)20-15)17(13)21-9-3-4-11(19)10-21;14-13(16)10-6-3-5-9-8-4-1-2-7-11(8)15-12(9)10;/h1-2,5-8,11,20H,3-4,9-10,19H2;1-7,15H,(H2,14,16);1H/t11-;;/m0../s1. The van der Waals surface area contributed by atoms with Crippen molar-refractivity contribution in [1.82, 2.24) is 9.97 Å². The van der Waals surface area contributed by atoms with Crippen LogP contribution in [0.1, 0.15) is 23.2 Å². The first-order chi connectivity index (χ1) is 18.0. The number of nitrogens with two attached hydrogens (primary N) is 2. The molecule has 1 fully saturated rings. The van der Waals surface area contributed by atoms with Gasteiger partial charge in [0.15, 0.2) is 0 Å². The van der Waals surface area contributed by atoms with Crippen LogP contribution in [0.25, 0.3) is 43.6 Å². The van der Waals surface area contributed by atoms with E-state index in [1.165, 1.54) is 0 Å². The first kappa shape index (κ1) is 25.6. The van der Waals surface area contributed by atoms with E-state index >= 15 is 0 Å². The summed E-state index contributed by atoms with van der Waals surface area (Å²) in [5, 5.41) is 4.19. The molecule has 0 spiro atoms. The van der Waals surface area contributed by atoms with E-state index in [0.717, 1.165) is 69.5 Å². The number of rotatable bonds is 2. The normalized spacial score (nSPS) is 15.4. The van der Waals surface area contributed by atoms with Gasteiger partial charge in [0.05, 0.1) is 16.8 Å². The van der Waals surface area contributed by atoms with Crippen molar-refractivity contribution in [3.63, 3.8) is 0 Å². The molecule has 8 heteroatoms. The van der Waals surface area contributed by atoms with Crippen LogP contribution in [0.2, 0.25) is 0 Å². The molecule has 1 aliphatic heterocycles. The number of aromatic amines is 2. The van der Waals surface area contributed by atoms with Gasteiger partial charge in [-0.3, -0.25) is 4.79 Å². The summed E-state index contributed by atoms with van der Waals surface area (Å²) in [6.45, 7) is 1.58. The monoisotopic (exact) mass is 529 g/mol. The Balaban J connectivity index is 0.000000156. The van der Waals surface area contributed by atoms with Crippen LogP contribution in [-0.2, 0) is 0 Å². The van der Waals surface area contributed by atoms with Crippen molar-refractivity contribution in [3.8, 4) is 0 Å². The number of anilines is 1. The minimum atomic E-state index is -0.405. The minimum absolute atomic E-state index is 0. The second-order valence-electron chi connectivity index (χ2n) is 9.60. The quantitative estimate of drug-likeness (QED) is 0.214. The van der Waals surface area contributed by atoms with Crippen molar-refractivity contribution < 1.29 is 9.18 Å². The largest absolute Gasteiger partial charge is 0.367 e. The number of piperidine rings is 1. The lowest BCUT2D eigenvalue weighted by Crippen LogP contribution is -2.43. The summed E-state index contributed by atoms with van der Waals surface area (Å²) in [6.07, 6.45) is 2.03. The van der Waals surface area contributed by atoms with E-state index in [0.29, 0.717) is 11.3 Å². The van der Waals surface area contributed by atoms with E-state index in [4.69, 9.17) is 11.5 Å². The van der Waals surface area contributed by atoms with Crippen LogP contribution >= 0.6 is 12.4 Å². The van der Waals surface area contributed by atoms with E-state index in [1.807, 2.05) is 66.7 Å². The molecule has 0 unspecified atom stereocenters. The Labute approximate surface area is 225 Å². The first-order valence-corrected chi connectivity index (χ1v) is 12.5. The van der Waals surface area contributed by atoms with Crippen LogP contribution in [0, 0.1) is 5.82 Å². The number of carbonyl (C=O) groups excluding carboxylic acids is 1. The molecular weight excluding hydrogens is 501 g/mol. The first-order valence-electron chi connectivity index (χ1n) is 12.5. The Bertz CT molecular complexity index is 1780. The maximum atomic E-state index is 14.5. The second kappa shape index (κ2) is 10.4. The van der Waals surface area contributed by atoms with E-state index < -0.39 is 5.91 Å². The third kappa shape index (κ3) is 4.44. The van der Waals surface area contributed by atoms with E-state index in [1.54, 1.807) is 12.1 Å². The summed E-state index contributed by atoms with van der Waals surface area (Å²) in [7, 11) is 0. The van der Waals surface area contributed by atoms with Crippen LogP contribution in [0.4, 0.5) is 10.1 Å². The summed E-state index contributed by atoms with van der Waals surface area (Å²) in [5.41, 5.74) is 16.5. The van der Waals surface area contributed by atoms with Crippen LogP contribution in [0.3, 0.4) is 0 Å². The average Bonchev–Trinajstić information content (AvgIpc) is 3.47. The lowest BCUT2D eigenvalue weighted by atomic mass is 10.0. The molecule has 6 N–H and O–H groups in total. The molecule has 4 aromatic carbocycles. The molecule has 1 atom stereocenters. The molecule has 6 aromatic rings. The number of halogens is 2. The van der Waals surface area contributed by atoms with Crippen LogP contribution in [0.15, 0.2) is 78.9 Å². The maximum Gasteiger partial charge on any atom is 0.250 e. The van der Waals surface area contributed by atoms with Crippen molar-refractivity contribution in [2.45, 2.75) is 18.9 Å². The number of nitrogens with zero attached hydrogens (tertiary/aromatic N) is 1. The van der Waals surface area contributed by atoms with Gasteiger partial charge in [0.2, 0.25) is 0 Å². The van der Waals surface area contributed by atoms with E-state index in [2.05, 4.69) is 14.9 Å². The van der Waals surface area contributed by atoms with E-state index in [9.17, 15) is 9.18 Å². The van der Waals surface area contributed by atoms with Gasteiger partial charge in [-0.1, -0.05) is 48.5 Å². The molecule has 194 valence electrons. The van der Waals surface area contributed by atoms with Crippen molar-refractivity contribution in [1.29, 1.82) is 0 Å². The van der Waals surface area contributed by atoms with Gasteiger partial charge in [-0.25, -0.2) is 4.39 Å². The molecule has 0 aliphatic carbocycles. The topological polar surface area (TPSA) is 104 Å². The Morgan fingerprint density at radius 3 is 2.26 bits per heavy atom. The van der Waals surface area contributed by atoms with Gasteiger partial charge in [-0.05, 0) is 43.2 Å².